The first-order valence-corrected chi connectivity index (χ1v) is 9.47. The van der Waals surface area contributed by atoms with Crippen LogP contribution in [0.3, 0.4) is 0 Å². The molecule has 0 radical (unpaired) electrons. The minimum Gasteiger partial charge on any atom is -0.383 e. The van der Waals surface area contributed by atoms with Gasteiger partial charge in [0.2, 0.25) is 21.9 Å². The fourth-order valence-corrected chi connectivity index (χ4v) is 3.30. The van der Waals surface area contributed by atoms with Gasteiger partial charge in [0.25, 0.3) is 0 Å². The standard InChI is InChI=1S/C15H20N6O3S/c1-24-8-13-5-6-21(13)15-18-10-17-14(20-15)19-12-4-2-3-11(7-12)9-25(16,22)23/h2-4,7,10,13H,5-6,8-9H2,1H3,(H2,16,22,23)(H,17,18,19,20). The van der Waals surface area contributed by atoms with Crippen LogP contribution in [0.2, 0.25) is 0 Å². The molecule has 0 saturated carbocycles. The zero-order chi connectivity index (χ0) is 17.9. The number of rotatable bonds is 7. The van der Waals surface area contributed by atoms with Gasteiger partial charge in [0.15, 0.2) is 0 Å². The van der Waals surface area contributed by atoms with Crippen molar-refractivity contribution in [2.45, 2.75) is 18.2 Å². The predicted octanol–water partition coefficient (Wildman–Crippen LogP) is 0.629. The molecule has 0 bridgehead atoms. The Balaban J connectivity index is 1.73. The number of primary sulfonamides is 1. The molecule has 2 aromatic rings. The summed E-state index contributed by atoms with van der Waals surface area (Å²) in [6.07, 6.45) is 2.49. The number of nitrogens with zero attached hydrogens (tertiary/aromatic N) is 4. The minimum atomic E-state index is -3.58. The largest absolute Gasteiger partial charge is 0.383 e. The Morgan fingerprint density at radius 3 is 2.92 bits per heavy atom. The van der Waals surface area contributed by atoms with Crippen molar-refractivity contribution in [3.8, 4) is 0 Å². The normalized spacial score (nSPS) is 17.2. The lowest BCUT2D eigenvalue weighted by molar-refractivity contribution is 0.156. The van der Waals surface area contributed by atoms with Gasteiger partial charge in [-0.1, -0.05) is 12.1 Å². The Morgan fingerprint density at radius 1 is 1.40 bits per heavy atom. The third kappa shape index (κ3) is 4.62. The van der Waals surface area contributed by atoms with Crippen molar-refractivity contribution in [2.75, 3.05) is 30.5 Å². The van der Waals surface area contributed by atoms with Crippen LogP contribution < -0.4 is 15.4 Å². The molecule has 3 rings (SSSR count). The van der Waals surface area contributed by atoms with Crippen LogP contribution in [-0.2, 0) is 20.5 Å². The number of sulfonamides is 1. The van der Waals surface area contributed by atoms with Crippen LogP contribution in [-0.4, -0.2) is 49.7 Å². The van der Waals surface area contributed by atoms with Gasteiger partial charge in [-0.2, -0.15) is 4.98 Å². The molecule has 1 aromatic heterocycles. The molecule has 1 aromatic carbocycles. The fraction of sp³-hybridized carbons (Fsp3) is 0.400. The quantitative estimate of drug-likeness (QED) is 0.733. The molecule has 1 aliphatic heterocycles. The number of methoxy groups -OCH3 is 1. The van der Waals surface area contributed by atoms with Gasteiger partial charge in [0, 0.05) is 19.3 Å². The van der Waals surface area contributed by atoms with E-state index in [0.29, 0.717) is 29.8 Å². The average molecular weight is 364 g/mol. The van der Waals surface area contributed by atoms with Crippen molar-refractivity contribution >= 4 is 27.6 Å². The van der Waals surface area contributed by atoms with Crippen molar-refractivity contribution in [1.29, 1.82) is 0 Å². The first-order valence-electron chi connectivity index (χ1n) is 7.75. The van der Waals surface area contributed by atoms with Crippen LogP contribution in [0.25, 0.3) is 0 Å². The number of ether oxygens (including phenoxy) is 1. The molecule has 2 heterocycles. The van der Waals surface area contributed by atoms with Crippen molar-refractivity contribution in [1.82, 2.24) is 15.0 Å². The summed E-state index contributed by atoms with van der Waals surface area (Å²) in [4.78, 5) is 14.8. The van der Waals surface area contributed by atoms with Crippen LogP contribution >= 0.6 is 0 Å². The third-order valence-corrected chi connectivity index (χ3v) is 4.61. The van der Waals surface area contributed by atoms with Crippen molar-refractivity contribution in [2.24, 2.45) is 5.14 Å². The van der Waals surface area contributed by atoms with E-state index in [9.17, 15) is 8.42 Å². The van der Waals surface area contributed by atoms with Gasteiger partial charge in [0.1, 0.15) is 6.33 Å². The van der Waals surface area contributed by atoms with E-state index in [0.717, 1.165) is 13.0 Å². The summed E-state index contributed by atoms with van der Waals surface area (Å²) in [5.41, 5.74) is 1.26. The molecule has 0 aliphatic carbocycles. The molecule has 9 nitrogen and oxygen atoms in total. The lowest BCUT2D eigenvalue weighted by Gasteiger charge is -2.40. The molecule has 25 heavy (non-hydrogen) atoms. The van der Waals surface area contributed by atoms with Gasteiger partial charge < -0.3 is 15.0 Å². The van der Waals surface area contributed by atoms with Gasteiger partial charge in [-0.25, -0.2) is 23.5 Å². The molecular weight excluding hydrogens is 344 g/mol. The van der Waals surface area contributed by atoms with Crippen molar-refractivity contribution in [3.05, 3.63) is 36.2 Å². The summed E-state index contributed by atoms with van der Waals surface area (Å²) in [6.45, 7) is 1.51. The van der Waals surface area contributed by atoms with Crippen LogP contribution in [0.5, 0.6) is 0 Å². The highest BCUT2D eigenvalue weighted by molar-refractivity contribution is 7.88. The summed E-state index contributed by atoms with van der Waals surface area (Å²) in [6, 6.07) is 7.22. The monoisotopic (exact) mass is 364 g/mol. The minimum absolute atomic E-state index is 0.225. The second-order valence-electron chi connectivity index (χ2n) is 5.83. The lowest BCUT2D eigenvalue weighted by atomic mass is 10.1. The molecule has 134 valence electrons. The van der Waals surface area contributed by atoms with Crippen LogP contribution in [0, 0.1) is 0 Å². The highest BCUT2D eigenvalue weighted by Gasteiger charge is 2.30. The molecule has 1 fully saturated rings. The number of nitrogens with two attached hydrogens (primary N) is 1. The molecule has 3 N–H and O–H groups in total. The maximum Gasteiger partial charge on any atom is 0.231 e. The first-order chi connectivity index (χ1) is 11.9. The molecule has 10 heteroatoms. The summed E-state index contributed by atoms with van der Waals surface area (Å²) < 4.78 is 27.6. The van der Waals surface area contributed by atoms with Crippen molar-refractivity contribution in [3.63, 3.8) is 0 Å². The van der Waals surface area contributed by atoms with E-state index in [-0.39, 0.29) is 11.8 Å². The molecule has 1 aliphatic rings. The molecule has 1 saturated heterocycles. The fourth-order valence-electron chi connectivity index (χ4n) is 2.66. The van der Waals surface area contributed by atoms with E-state index in [2.05, 4.69) is 25.2 Å². The van der Waals surface area contributed by atoms with Crippen LogP contribution in [0.1, 0.15) is 12.0 Å². The second-order valence-corrected chi connectivity index (χ2v) is 7.45. The van der Waals surface area contributed by atoms with E-state index in [4.69, 9.17) is 9.88 Å². The zero-order valence-corrected chi connectivity index (χ0v) is 14.6. The van der Waals surface area contributed by atoms with Crippen LogP contribution in [0.15, 0.2) is 30.6 Å². The SMILES string of the molecule is COCC1CCN1c1ncnc(Nc2cccc(CS(N)(=O)=O)c2)n1. The summed E-state index contributed by atoms with van der Waals surface area (Å²) in [7, 11) is -1.91. The van der Waals surface area contributed by atoms with Gasteiger partial charge in [-0.05, 0) is 24.1 Å². The van der Waals surface area contributed by atoms with E-state index >= 15 is 0 Å². The molecular formula is C15H20N6O3S. The Morgan fingerprint density at radius 2 is 2.24 bits per heavy atom. The predicted molar refractivity (Wildman–Crippen MR) is 94.0 cm³/mol. The summed E-state index contributed by atoms with van der Waals surface area (Å²) in [5.74, 6) is 0.754. The molecule has 1 unspecified atom stereocenters. The molecule has 0 amide bonds. The summed E-state index contributed by atoms with van der Waals surface area (Å²) in [5, 5.41) is 8.15. The Bertz CT molecular complexity index is 845. The van der Waals surface area contributed by atoms with E-state index in [1.165, 1.54) is 6.33 Å². The highest BCUT2D eigenvalue weighted by Crippen LogP contribution is 2.24. The highest BCUT2D eigenvalue weighted by atomic mass is 32.2. The zero-order valence-electron chi connectivity index (χ0n) is 13.8. The summed E-state index contributed by atoms with van der Waals surface area (Å²) >= 11 is 0. The van der Waals surface area contributed by atoms with E-state index in [1.807, 2.05) is 0 Å². The Kier molecular flexibility index (Phi) is 5.11. The third-order valence-electron chi connectivity index (χ3n) is 3.87. The number of benzene rings is 1. The maximum absolute atomic E-state index is 11.2. The number of nitrogens with one attached hydrogen (secondary N) is 1. The Hall–Kier alpha value is -2.30. The van der Waals surface area contributed by atoms with Crippen molar-refractivity contribution < 1.29 is 13.2 Å². The van der Waals surface area contributed by atoms with Gasteiger partial charge in [-0.15, -0.1) is 0 Å². The topological polar surface area (TPSA) is 123 Å². The smallest absolute Gasteiger partial charge is 0.231 e. The number of hydrogen-bond acceptors (Lipinski definition) is 8. The average Bonchev–Trinajstić information content (AvgIpc) is 2.50. The van der Waals surface area contributed by atoms with Gasteiger partial charge in [-0.3, -0.25) is 0 Å². The molecule has 1 atom stereocenters. The number of anilines is 3. The first kappa shape index (κ1) is 17.5. The second kappa shape index (κ2) is 7.30. The van der Waals surface area contributed by atoms with Crippen LogP contribution in [0.4, 0.5) is 17.6 Å². The lowest BCUT2D eigenvalue weighted by Crippen LogP contribution is -2.51. The maximum atomic E-state index is 11.2. The Labute approximate surface area is 146 Å². The number of aromatic nitrogens is 3. The molecule has 0 spiro atoms. The van der Waals surface area contributed by atoms with E-state index in [1.54, 1.807) is 31.4 Å². The van der Waals surface area contributed by atoms with Gasteiger partial charge in [0.05, 0.1) is 18.4 Å². The number of hydrogen-bond donors (Lipinski definition) is 2. The van der Waals surface area contributed by atoms with E-state index < -0.39 is 10.0 Å². The van der Waals surface area contributed by atoms with Gasteiger partial charge >= 0.3 is 0 Å².